The van der Waals surface area contributed by atoms with Gasteiger partial charge in [-0.05, 0) is 24.3 Å². The standard InChI is InChI=1S/C9H9N5O2/c1-6(9(15)16)14-12-8(11-13-14)7-2-4-10-5-3-7/h2-6H,1H3,(H,15,16). The second-order valence-corrected chi connectivity index (χ2v) is 3.18. The molecule has 82 valence electrons. The quantitative estimate of drug-likeness (QED) is 0.802. The molecule has 7 nitrogen and oxygen atoms in total. The monoisotopic (exact) mass is 219 g/mol. The Kier molecular flexibility index (Phi) is 2.59. The molecule has 0 amide bonds. The van der Waals surface area contributed by atoms with Crippen molar-refractivity contribution in [3.05, 3.63) is 24.5 Å². The molecule has 0 bridgehead atoms. The molecule has 2 aromatic rings. The summed E-state index contributed by atoms with van der Waals surface area (Å²) in [4.78, 5) is 15.6. The zero-order valence-corrected chi connectivity index (χ0v) is 8.48. The maximum Gasteiger partial charge on any atom is 0.330 e. The molecule has 0 saturated carbocycles. The number of tetrazole rings is 1. The lowest BCUT2D eigenvalue weighted by molar-refractivity contribution is -0.141. The van der Waals surface area contributed by atoms with Crippen molar-refractivity contribution >= 4 is 5.97 Å². The summed E-state index contributed by atoms with van der Waals surface area (Å²) in [6, 6.07) is 2.63. The summed E-state index contributed by atoms with van der Waals surface area (Å²) in [6.45, 7) is 1.49. The van der Waals surface area contributed by atoms with Crippen LogP contribution < -0.4 is 0 Å². The SMILES string of the molecule is CC(C(=O)O)n1nnc(-c2ccncc2)n1. The van der Waals surface area contributed by atoms with E-state index in [1.54, 1.807) is 24.5 Å². The largest absolute Gasteiger partial charge is 0.480 e. The summed E-state index contributed by atoms with van der Waals surface area (Å²) in [5.74, 6) is -0.617. The Morgan fingerprint density at radius 3 is 2.75 bits per heavy atom. The lowest BCUT2D eigenvalue weighted by Crippen LogP contribution is -2.18. The van der Waals surface area contributed by atoms with Crippen LogP contribution in [0.25, 0.3) is 11.4 Å². The highest BCUT2D eigenvalue weighted by molar-refractivity contribution is 5.71. The number of pyridine rings is 1. The van der Waals surface area contributed by atoms with E-state index in [4.69, 9.17) is 5.11 Å². The topological polar surface area (TPSA) is 93.8 Å². The van der Waals surface area contributed by atoms with E-state index in [1.165, 1.54) is 6.92 Å². The molecule has 2 heterocycles. The minimum absolute atomic E-state index is 0.385. The van der Waals surface area contributed by atoms with Gasteiger partial charge in [0.25, 0.3) is 0 Å². The number of aliphatic carboxylic acids is 1. The van der Waals surface area contributed by atoms with Crippen LogP contribution in [-0.4, -0.2) is 36.3 Å². The van der Waals surface area contributed by atoms with Gasteiger partial charge in [-0.25, -0.2) is 4.79 Å². The summed E-state index contributed by atoms with van der Waals surface area (Å²) in [5.41, 5.74) is 0.749. The van der Waals surface area contributed by atoms with Gasteiger partial charge in [0.2, 0.25) is 5.82 Å². The molecule has 1 N–H and O–H groups in total. The molecule has 0 aliphatic heterocycles. The number of hydrogen-bond donors (Lipinski definition) is 1. The van der Waals surface area contributed by atoms with Crippen LogP contribution >= 0.6 is 0 Å². The van der Waals surface area contributed by atoms with E-state index in [0.717, 1.165) is 10.4 Å². The van der Waals surface area contributed by atoms with Crippen molar-refractivity contribution in [2.45, 2.75) is 13.0 Å². The second-order valence-electron chi connectivity index (χ2n) is 3.18. The Balaban J connectivity index is 2.30. The van der Waals surface area contributed by atoms with E-state index in [0.29, 0.717) is 5.82 Å². The first kappa shape index (κ1) is 10.2. The number of hydrogen-bond acceptors (Lipinski definition) is 5. The van der Waals surface area contributed by atoms with Crippen LogP contribution in [0.15, 0.2) is 24.5 Å². The fourth-order valence-electron chi connectivity index (χ4n) is 1.10. The van der Waals surface area contributed by atoms with E-state index in [9.17, 15) is 4.79 Å². The summed E-state index contributed by atoms with van der Waals surface area (Å²) in [6.07, 6.45) is 3.22. The molecule has 7 heteroatoms. The molecule has 2 aromatic heterocycles. The molecule has 2 rings (SSSR count). The van der Waals surface area contributed by atoms with Gasteiger partial charge in [-0.1, -0.05) is 0 Å². The molecule has 0 aliphatic rings. The van der Waals surface area contributed by atoms with Crippen molar-refractivity contribution in [3.8, 4) is 11.4 Å². The van der Waals surface area contributed by atoms with Gasteiger partial charge in [0.05, 0.1) is 0 Å². The first-order valence-electron chi connectivity index (χ1n) is 4.61. The molecule has 0 aliphatic carbocycles. The van der Waals surface area contributed by atoms with Crippen molar-refractivity contribution in [2.24, 2.45) is 0 Å². The Bertz CT molecular complexity index is 496. The average Bonchev–Trinajstić information content (AvgIpc) is 2.78. The zero-order valence-electron chi connectivity index (χ0n) is 8.48. The molecule has 1 atom stereocenters. The number of aromatic nitrogens is 5. The Morgan fingerprint density at radius 2 is 2.12 bits per heavy atom. The van der Waals surface area contributed by atoms with Gasteiger partial charge in [-0.3, -0.25) is 4.98 Å². The van der Waals surface area contributed by atoms with Gasteiger partial charge in [0, 0.05) is 18.0 Å². The summed E-state index contributed by atoms with van der Waals surface area (Å²) in [5, 5.41) is 20.2. The van der Waals surface area contributed by atoms with Crippen molar-refractivity contribution < 1.29 is 9.90 Å². The number of carbonyl (C=O) groups is 1. The Morgan fingerprint density at radius 1 is 1.44 bits per heavy atom. The molecular formula is C9H9N5O2. The van der Waals surface area contributed by atoms with E-state index in [-0.39, 0.29) is 0 Å². The van der Waals surface area contributed by atoms with Crippen LogP contribution in [0.5, 0.6) is 0 Å². The second kappa shape index (κ2) is 4.05. The van der Waals surface area contributed by atoms with Gasteiger partial charge < -0.3 is 5.11 Å². The molecule has 0 radical (unpaired) electrons. The van der Waals surface area contributed by atoms with Crippen molar-refractivity contribution in [2.75, 3.05) is 0 Å². The predicted molar refractivity (Wildman–Crippen MR) is 53.4 cm³/mol. The van der Waals surface area contributed by atoms with Crippen LogP contribution in [0.1, 0.15) is 13.0 Å². The summed E-state index contributed by atoms with van der Waals surface area (Å²) in [7, 11) is 0. The van der Waals surface area contributed by atoms with Crippen LogP contribution in [0.4, 0.5) is 0 Å². The molecule has 0 fully saturated rings. The lowest BCUT2D eigenvalue weighted by atomic mass is 10.3. The fourth-order valence-corrected chi connectivity index (χ4v) is 1.10. The first-order valence-corrected chi connectivity index (χ1v) is 4.61. The highest BCUT2D eigenvalue weighted by Crippen LogP contribution is 2.12. The number of carboxylic acid groups (broad SMARTS) is 1. The van der Waals surface area contributed by atoms with Crippen molar-refractivity contribution in [1.29, 1.82) is 0 Å². The van der Waals surface area contributed by atoms with Crippen LogP contribution in [0.2, 0.25) is 0 Å². The van der Waals surface area contributed by atoms with Gasteiger partial charge in [0.1, 0.15) is 0 Å². The van der Waals surface area contributed by atoms with E-state index >= 15 is 0 Å². The first-order chi connectivity index (χ1) is 7.68. The lowest BCUT2D eigenvalue weighted by Gasteiger charge is -2.01. The smallest absolute Gasteiger partial charge is 0.330 e. The average molecular weight is 219 g/mol. The van der Waals surface area contributed by atoms with Gasteiger partial charge in [0.15, 0.2) is 6.04 Å². The third-order valence-corrected chi connectivity index (χ3v) is 2.07. The molecule has 16 heavy (non-hydrogen) atoms. The number of nitrogens with zero attached hydrogens (tertiary/aromatic N) is 5. The molecule has 0 saturated heterocycles. The highest BCUT2D eigenvalue weighted by atomic mass is 16.4. The summed E-state index contributed by atoms with van der Waals surface area (Å²) >= 11 is 0. The molecular weight excluding hydrogens is 210 g/mol. The van der Waals surface area contributed by atoms with E-state index in [2.05, 4.69) is 20.4 Å². The van der Waals surface area contributed by atoms with E-state index < -0.39 is 12.0 Å². The van der Waals surface area contributed by atoms with Gasteiger partial charge in [-0.15, -0.1) is 15.0 Å². The third kappa shape index (κ3) is 1.88. The Labute approximate surface area is 90.7 Å². The maximum atomic E-state index is 10.7. The van der Waals surface area contributed by atoms with Crippen molar-refractivity contribution in [3.63, 3.8) is 0 Å². The van der Waals surface area contributed by atoms with Gasteiger partial charge >= 0.3 is 5.97 Å². The highest BCUT2D eigenvalue weighted by Gasteiger charge is 2.17. The van der Waals surface area contributed by atoms with Crippen LogP contribution in [0.3, 0.4) is 0 Å². The number of carboxylic acids is 1. The van der Waals surface area contributed by atoms with Crippen molar-refractivity contribution in [1.82, 2.24) is 25.2 Å². The molecule has 0 spiro atoms. The maximum absolute atomic E-state index is 10.7. The van der Waals surface area contributed by atoms with Crippen LogP contribution in [-0.2, 0) is 4.79 Å². The van der Waals surface area contributed by atoms with Gasteiger partial charge in [-0.2, -0.15) is 0 Å². The number of rotatable bonds is 3. The Hall–Kier alpha value is -2.31. The normalized spacial score (nSPS) is 12.3. The molecule has 0 aromatic carbocycles. The minimum atomic E-state index is -1.00. The molecule has 1 unspecified atom stereocenters. The predicted octanol–water partition coefficient (Wildman–Crippen LogP) is 0.381. The minimum Gasteiger partial charge on any atom is -0.480 e. The van der Waals surface area contributed by atoms with E-state index in [1.807, 2.05) is 0 Å². The fraction of sp³-hybridized carbons (Fsp3) is 0.222. The third-order valence-electron chi connectivity index (χ3n) is 2.07. The zero-order chi connectivity index (χ0) is 11.5. The summed E-state index contributed by atoms with van der Waals surface area (Å²) < 4.78 is 0. The van der Waals surface area contributed by atoms with Crippen LogP contribution in [0, 0.1) is 0 Å².